The summed E-state index contributed by atoms with van der Waals surface area (Å²) < 4.78 is 0. The molecule has 0 radical (unpaired) electrons. The van der Waals surface area contributed by atoms with Crippen LogP contribution in [0.4, 0.5) is 0 Å². The molecule has 1 unspecified atom stereocenters. The third-order valence-corrected chi connectivity index (χ3v) is 2.36. The predicted octanol–water partition coefficient (Wildman–Crippen LogP) is 0.779. The second-order valence-electron chi connectivity index (χ2n) is 2.98. The van der Waals surface area contributed by atoms with Crippen molar-refractivity contribution in [3.8, 4) is 0 Å². The zero-order chi connectivity index (χ0) is 8.43. The number of hydrazine groups is 1. The Morgan fingerprint density at radius 1 is 1.73 bits per heavy atom. The third-order valence-electron chi connectivity index (χ3n) is 2.03. The number of nitrogens with zero attached hydrogens (tertiary/aromatic N) is 2. The lowest BCUT2D eigenvalue weighted by atomic mass is 10.2. The molecule has 1 N–H and O–H groups in total. The van der Waals surface area contributed by atoms with Crippen molar-refractivity contribution in [1.82, 2.24) is 15.3 Å². The van der Waals surface area contributed by atoms with E-state index in [1.807, 2.05) is 12.1 Å². The number of thiocarbonyl (C=S) groups is 1. The van der Waals surface area contributed by atoms with E-state index >= 15 is 0 Å². The van der Waals surface area contributed by atoms with Crippen LogP contribution >= 0.6 is 12.2 Å². The van der Waals surface area contributed by atoms with Gasteiger partial charge >= 0.3 is 0 Å². The van der Waals surface area contributed by atoms with Crippen LogP contribution in [0, 0.1) is 0 Å². The second kappa shape index (κ2) is 3.36. The van der Waals surface area contributed by atoms with Crippen LogP contribution in [0.15, 0.2) is 0 Å². The van der Waals surface area contributed by atoms with Gasteiger partial charge in [-0.2, -0.15) is 0 Å². The molecule has 0 aromatic rings. The summed E-state index contributed by atoms with van der Waals surface area (Å²) in [6, 6.07) is 0.542. The van der Waals surface area contributed by atoms with Gasteiger partial charge in [0.1, 0.15) is 0 Å². The van der Waals surface area contributed by atoms with Crippen LogP contribution in [0.3, 0.4) is 0 Å². The van der Waals surface area contributed by atoms with E-state index in [0.717, 1.165) is 18.2 Å². The molecular formula is C7H15N3S. The minimum atomic E-state index is 0.542. The largest absolute Gasteiger partial charge is 0.331 e. The van der Waals surface area contributed by atoms with Crippen molar-refractivity contribution in [2.24, 2.45) is 0 Å². The number of hydrogen-bond acceptors (Lipinski definition) is 2. The highest BCUT2D eigenvalue weighted by Crippen LogP contribution is 2.08. The molecule has 1 fully saturated rings. The quantitative estimate of drug-likeness (QED) is 0.622. The van der Waals surface area contributed by atoms with Crippen LogP contribution in [0.25, 0.3) is 0 Å². The van der Waals surface area contributed by atoms with Crippen molar-refractivity contribution in [2.75, 3.05) is 13.7 Å². The Bertz CT molecular complexity index is 160. The van der Waals surface area contributed by atoms with Crippen LogP contribution in [0.1, 0.15) is 20.3 Å². The van der Waals surface area contributed by atoms with Gasteiger partial charge in [-0.05, 0) is 25.6 Å². The van der Waals surface area contributed by atoms with E-state index in [1.54, 1.807) is 0 Å². The predicted molar refractivity (Wildman–Crippen MR) is 50.0 cm³/mol. The van der Waals surface area contributed by atoms with Gasteiger partial charge in [-0.15, -0.1) is 0 Å². The summed E-state index contributed by atoms with van der Waals surface area (Å²) in [6.45, 7) is 5.26. The van der Waals surface area contributed by atoms with Crippen molar-refractivity contribution in [3.63, 3.8) is 0 Å². The van der Waals surface area contributed by atoms with Gasteiger partial charge in [0.2, 0.25) is 0 Å². The summed E-state index contributed by atoms with van der Waals surface area (Å²) in [5.41, 5.74) is 3.07. The van der Waals surface area contributed by atoms with Gasteiger partial charge in [0.25, 0.3) is 0 Å². The number of rotatable bonds is 2. The van der Waals surface area contributed by atoms with Crippen molar-refractivity contribution < 1.29 is 0 Å². The topological polar surface area (TPSA) is 18.5 Å². The van der Waals surface area contributed by atoms with Crippen molar-refractivity contribution >= 4 is 17.3 Å². The Balaban J connectivity index is 2.52. The Hall–Kier alpha value is -0.350. The molecule has 4 heteroatoms. The highest BCUT2D eigenvalue weighted by atomic mass is 32.1. The van der Waals surface area contributed by atoms with Gasteiger partial charge in [0.15, 0.2) is 5.11 Å². The first-order valence-electron chi connectivity index (χ1n) is 3.93. The fourth-order valence-corrected chi connectivity index (χ4v) is 1.51. The van der Waals surface area contributed by atoms with Gasteiger partial charge < -0.3 is 4.90 Å². The van der Waals surface area contributed by atoms with E-state index in [-0.39, 0.29) is 0 Å². The van der Waals surface area contributed by atoms with E-state index in [2.05, 4.69) is 24.2 Å². The molecule has 0 bridgehead atoms. The molecule has 0 amide bonds. The first-order valence-corrected chi connectivity index (χ1v) is 4.34. The lowest BCUT2D eigenvalue weighted by Crippen LogP contribution is -2.35. The van der Waals surface area contributed by atoms with Gasteiger partial charge in [0, 0.05) is 13.1 Å². The summed E-state index contributed by atoms with van der Waals surface area (Å²) in [7, 11) is 1.99. The minimum absolute atomic E-state index is 0.542. The molecule has 0 aliphatic carbocycles. The maximum absolute atomic E-state index is 5.13. The zero-order valence-corrected chi connectivity index (χ0v) is 8.11. The van der Waals surface area contributed by atoms with Crippen LogP contribution in [0.5, 0.6) is 0 Å². The molecule has 1 aliphatic rings. The molecule has 0 aromatic carbocycles. The Kier molecular flexibility index (Phi) is 2.67. The second-order valence-corrected chi connectivity index (χ2v) is 3.37. The van der Waals surface area contributed by atoms with E-state index in [9.17, 15) is 0 Å². The van der Waals surface area contributed by atoms with Gasteiger partial charge in [-0.3, -0.25) is 5.43 Å². The lowest BCUT2D eigenvalue weighted by Gasteiger charge is -2.22. The summed E-state index contributed by atoms with van der Waals surface area (Å²) in [5, 5.41) is 2.84. The number of hydrogen-bond donors (Lipinski definition) is 1. The molecule has 0 saturated carbocycles. The van der Waals surface area contributed by atoms with Crippen molar-refractivity contribution in [3.05, 3.63) is 0 Å². The molecule has 1 saturated heterocycles. The standard InChI is InChI=1S/C7H15N3S/c1-4-6(2)10-5-9(3)8-7(10)11/h6H,4-5H2,1-3H3,(H,8,11). The molecule has 11 heavy (non-hydrogen) atoms. The van der Waals surface area contributed by atoms with Gasteiger partial charge in [-0.1, -0.05) is 6.92 Å². The van der Waals surface area contributed by atoms with Gasteiger partial charge in [0.05, 0.1) is 6.67 Å². The van der Waals surface area contributed by atoms with E-state index in [0.29, 0.717) is 6.04 Å². The summed E-state index contributed by atoms with van der Waals surface area (Å²) in [5.74, 6) is 0. The molecule has 1 atom stereocenters. The molecule has 1 heterocycles. The van der Waals surface area contributed by atoms with Crippen molar-refractivity contribution in [2.45, 2.75) is 26.3 Å². The van der Waals surface area contributed by atoms with Gasteiger partial charge in [-0.25, -0.2) is 5.01 Å². The summed E-state index contributed by atoms with van der Waals surface area (Å²) >= 11 is 5.13. The molecule has 3 nitrogen and oxygen atoms in total. The third kappa shape index (κ3) is 1.81. The molecule has 1 aliphatic heterocycles. The molecule has 0 aromatic heterocycles. The zero-order valence-electron chi connectivity index (χ0n) is 7.29. The highest BCUT2D eigenvalue weighted by molar-refractivity contribution is 7.80. The fourth-order valence-electron chi connectivity index (χ4n) is 1.12. The molecule has 0 spiro atoms. The Morgan fingerprint density at radius 2 is 2.36 bits per heavy atom. The lowest BCUT2D eigenvalue weighted by molar-refractivity contribution is 0.231. The Morgan fingerprint density at radius 3 is 2.73 bits per heavy atom. The maximum Gasteiger partial charge on any atom is 0.185 e. The number of nitrogens with one attached hydrogen (secondary N) is 1. The smallest absolute Gasteiger partial charge is 0.185 e. The summed E-state index contributed by atoms with van der Waals surface area (Å²) in [4.78, 5) is 2.19. The SMILES string of the molecule is CCC(C)N1CN(C)NC1=S. The first-order chi connectivity index (χ1) is 5.15. The molecule has 64 valence electrons. The van der Waals surface area contributed by atoms with E-state index in [4.69, 9.17) is 12.2 Å². The average molecular weight is 173 g/mol. The maximum atomic E-state index is 5.13. The summed E-state index contributed by atoms with van der Waals surface area (Å²) in [6.07, 6.45) is 1.13. The molecular weight excluding hydrogens is 158 g/mol. The molecule has 1 rings (SSSR count). The van der Waals surface area contributed by atoms with Crippen molar-refractivity contribution in [1.29, 1.82) is 0 Å². The minimum Gasteiger partial charge on any atom is -0.331 e. The average Bonchev–Trinajstić information content (AvgIpc) is 2.28. The van der Waals surface area contributed by atoms with Crippen LogP contribution < -0.4 is 5.43 Å². The van der Waals surface area contributed by atoms with Crippen LogP contribution in [0.2, 0.25) is 0 Å². The monoisotopic (exact) mass is 173 g/mol. The van der Waals surface area contributed by atoms with Crippen LogP contribution in [-0.2, 0) is 0 Å². The Labute approximate surface area is 73.3 Å². The van der Waals surface area contributed by atoms with E-state index in [1.165, 1.54) is 0 Å². The normalized spacial score (nSPS) is 22.1. The first kappa shape index (κ1) is 8.74. The van der Waals surface area contributed by atoms with E-state index < -0.39 is 0 Å². The van der Waals surface area contributed by atoms with Crippen LogP contribution in [-0.4, -0.2) is 34.8 Å². The fraction of sp³-hybridized carbons (Fsp3) is 0.857. The highest BCUT2D eigenvalue weighted by Gasteiger charge is 2.23.